The first-order chi connectivity index (χ1) is 10.3. The van der Waals surface area contributed by atoms with Crippen molar-refractivity contribution in [3.63, 3.8) is 0 Å². The van der Waals surface area contributed by atoms with Crippen molar-refractivity contribution in [1.82, 2.24) is 0 Å². The highest BCUT2D eigenvalue weighted by Gasteiger charge is 2.22. The second kappa shape index (κ2) is 6.68. The Hall–Kier alpha value is -1.94. The molecule has 108 valence electrons. The standard InChI is InChI=1S/C17H16O3S/c18-14-9-10-19-15-7-4-8-16(17(14)15)20-11-12-21-13-5-2-1-3-6-13/h1-8H,9-12H2. The topological polar surface area (TPSA) is 35.5 Å². The fourth-order valence-electron chi connectivity index (χ4n) is 2.23. The molecule has 0 spiro atoms. The molecule has 0 unspecified atom stereocenters. The molecule has 21 heavy (non-hydrogen) atoms. The number of Topliss-reactive ketones (excluding diaryl/α,β-unsaturated/α-hetero) is 1. The van der Waals surface area contributed by atoms with Gasteiger partial charge in [-0.1, -0.05) is 24.3 Å². The molecule has 0 radical (unpaired) electrons. The number of benzene rings is 2. The van der Waals surface area contributed by atoms with Gasteiger partial charge in [0, 0.05) is 17.1 Å². The van der Waals surface area contributed by atoms with Crippen LogP contribution < -0.4 is 9.47 Å². The van der Waals surface area contributed by atoms with Gasteiger partial charge in [0.15, 0.2) is 5.78 Å². The molecule has 0 N–H and O–H groups in total. The first-order valence-electron chi connectivity index (χ1n) is 6.94. The van der Waals surface area contributed by atoms with Gasteiger partial charge in [0.1, 0.15) is 17.1 Å². The monoisotopic (exact) mass is 300 g/mol. The van der Waals surface area contributed by atoms with Gasteiger partial charge in [0.2, 0.25) is 0 Å². The lowest BCUT2D eigenvalue weighted by molar-refractivity contribution is 0.0928. The Kier molecular flexibility index (Phi) is 4.46. The Morgan fingerprint density at radius 1 is 1.10 bits per heavy atom. The summed E-state index contributed by atoms with van der Waals surface area (Å²) in [5, 5.41) is 0. The summed E-state index contributed by atoms with van der Waals surface area (Å²) >= 11 is 1.74. The number of thioether (sulfide) groups is 1. The SMILES string of the molecule is O=C1CCOc2cccc(OCCSc3ccccc3)c21. The van der Waals surface area contributed by atoms with Crippen molar-refractivity contribution in [1.29, 1.82) is 0 Å². The van der Waals surface area contributed by atoms with Gasteiger partial charge >= 0.3 is 0 Å². The van der Waals surface area contributed by atoms with E-state index in [1.807, 2.05) is 36.4 Å². The van der Waals surface area contributed by atoms with Gasteiger partial charge in [-0.3, -0.25) is 4.79 Å². The van der Waals surface area contributed by atoms with E-state index in [0.29, 0.717) is 36.7 Å². The van der Waals surface area contributed by atoms with Gasteiger partial charge < -0.3 is 9.47 Å². The van der Waals surface area contributed by atoms with Crippen LogP contribution in [0.4, 0.5) is 0 Å². The van der Waals surface area contributed by atoms with Gasteiger partial charge in [-0.15, -0.1) is 11.8 Å². The van der Waals surface area contributed by atoms with Crippen molar-refractivity contribution in [2.75, 3.05) is 19.0 Å². The summed E-state index contributed by atoms with van der Waals surface area (Å²) in [6.07, 6.45) is 0.423. The lowest BCUT2D eigenvalue weighted by Gasteiger charge is -2.19. The van der Waals surface area contributed by atoms with Crippen molar-refractivity contribution in [2.45, 2.75) is 11.3 Å². The molecule has 0 atom stereocenters. The van der Waals surface area contributed by atoms with Crippen LogP contribution in [0.1, 0.15) is 16.8 Å². The number of fused-ring (bicyclic) bond motifs is 1. The number of carbonyl (C=O) groups excluding carboxylic acids is 1. The van der Waals surface area contributed by atoms with Crippen molar-refractivity contribution in [3.05, 3.63) is 54.1 Å². The van der Waals surface area contributed by atoms with Crippen LogP contribution in [-0.4, -0.2) is 24.7 Å². The second-order valence-corrected chi connectivity index (χ2v) is 5.83. The Bertz CT molecular complexity index is 625. The summed E-state index contributed by atoms with van der Waals surface area (Å²) in [6, 6.07) is 15.7. The van der Waals surface area contributed by atoms with Crippen molar-refractivity contribution >= 4 is 17.5 Å². The van der Waals surface area contributed by atoms with E-state index in [2.05, 4.69) is 12.1 Å². The third kappa shape index (κ3) is 3.39. The molecule has 1 aliphatic rings. The van der Waals surface area contributed by atoms with E-state index in [0.717, 1.165) is 5.75 Å². The summed E-state index contributed by atoms with van der Waals surface area (Å²) in [7, 11) is 0. The molecule has 3 nitrogen and oxygen atoms in total. The predicted octanol–water partition coefficient (Wildman–Crippen LogP) is 3.82. The van der Waals surface area contributed by atoms with E-state index in [4.69, 9.17) is 9.47 Å². The van der Waals surface area contributed by atoms with Crippen LogP contribution in [0.25, 0.3) is 0 Å². The molecule has 2 aromatic carbocycles. The summed E-state index contributed by atoms with van der Waals surface area (Å²) in [5.74, 6) is 2.20. The highest BCUT2D eigenvalue weighted by atomic mass is 32.2. The minimum Gasteiger partial charge on any atom is -0.492 e. The van der Waals surface area contributed by atoms with Crippen LogP contribution >= 0.6 is 11.8 Å². The van der Waals surface area contributed by atoms with E-state index in [-0.39, 0.29) is 5.78 Å². The molecular weight excluding hydrogens is 284 g/mol. The van der Waals surface area contributed by atoms with E-state index < -0.39 is 0 Å². The third-order valence-corrected chi connectivity index (χ3v) is 4.18. The molecule has 4 heteroatoms. The fraction of sp³-hybridized carbons (Fsp3) is 0.235. The van der Waals surface area contributed by atoms with E-state index in [1.54, 1.807) is 11.8 Å². The Labute approximate surface area is 128 Å². The van der Waals surface area contributed by atoms with Gasteiger partial charge in [-0.2, -0.15) is 0 Å². The average molecular weight is 300 g/mol. The smallest absolute Gasteiger partial charge is 0.173 e. The molecular formula is C17H16O3S. The summed E-state index contributed by atoms with van der Waals surface area (Å²) < 4.78 is 11.3. The van der Waals surface area contributed by atoms with Gasteiger partial charge in [-0.05, 0) is 24.3 Å². The minimum atomic E-state index is 0.0996. The highest BCUT2D eigenvalue weighted by Crippen LogP contribution is 2.32. The quantitative estimate of drug-likeness (QED) is 0.621. The van der Waals surface area contributed by atoms with Crippen molar-refractivity contribution in [3.8, 4) is 11.5 Å². The number of rotatable bonds is 5. The van der Waals surface area contributed by atoms with Crippen molar-refractivity contribution in [2.24, 2.45) is 0 Å². The van der Waals surface area contributed by atoms with Gasteiger partial charge in [0.05, 0.1) is 13.2 Å². The minimum absolute atomic E-state index is 0.0996. The average Bonchev–Trinajstić information content (AvgIpc) is 2.53. The molecule has 2 aromatic rings. The van der Waals surface area contributed by atoms with E-state index >= 15 is 0 Å². The normalized spacial score (nSPS) is 13.4. The number of carbonyl (C=O) groups is 1. The molecule has 0 amide bonds. The fourth-order valence-corrected chi connectivity index (χ4v) is 2.98. The van der Waals surface area contributed by atoms with E-state index in [9.17, 15) is 4.79 Å². The van der Waals surface area contributed by atoms with Crippen LogP contribution in [0.2, 0.25) is 0 Å². The number of ether oxygens (including phenoxy) is 2. The number of ketones is 1. The second-order valence-electron chi connectivity index (χ2n) is 4.66. The Morgan fingerprint density at radius 2 is 1.95 bits per heavy atom. The van der Waals surface area contributed by atoms with Crippen LogP contribution in [0.3, 0.4) is 0 Å². The maximum atomic E-state index is 12.0. The third-order valence-electron chi connectivity index (χ3n) is 3.21. The first-order valence-corrected chi connectivity index (χ1v) is 7.93. The lowest BCUT2D eigenvalue weighted by atomic mass is 10.0. The lowest BCUT2D eigenvalue weighted by Crippen LogP contribution is -2.17. The number of hydrogen-bond donors (Lipinski definition) is 0. The van der Waals surface area contributed by atoms with Crippen LogP contribution in [0.5, 0.6) is 11.5 Å². The summed E-state index contributed by atoms with van der Waals surface area (Å²) in [4.78, 5) is 13.2. The largest absolute Gasteiger partial charge is 0.492 e. The highest BCUT2D eigenvalue weighted by molar-refractivity contribution is 7.99. The molecule has 0 bridgehead atoms. The zero-order valence-electron chi connectivity index (χ0n) is 11.6. The van der Waals surface area contributed by atoms with Crippen molar-refractivity contribution < 1.29 is 14.3 Å². The maximum Gasteiger partial charge on any atom is 0.173 e. The molecule has 3 rings (SSSR count). The molecule has 0 aromatic heterocycles. The predicted molar refractivity (Wildman–Crippen MR) is 83.5 cm³/mol. The molecule has 0 aliphatic carbocycles. The Morgan fingerprint density at radius 3 is 2.81 bits per heavy atom. The first kappa shape index (κ1) is 14.0. The summed E-state index contributed by atoms with van der Waals surface area (Å²) in [6.45, 7) is 1.02. The zero-order valence-corrected chi connectivity index (χ0v) is 12.4. The van der Waals surface area contributed by atoms with Gasteiger partial charge in [0.25, 0.3) is 0 Å². The van der Waals surface area contributed by atoms with Crippen LogP contribution in [0.15, 0.2) is 53.4 Å². The van der Waals surface area contributed by atoms with Crippen LogP contribution in [0, 0.1) is 0 Å². The van der Waals surface area contributed by atoms with Gasteiger partial charge in [-0.25, -0.2) is 0 Å². The molecule has 0 fully saturated rings. The summed E-state index contributed by atoms with van der Waals surface area (Å²) in [5.41, 5.74) is 0.591. The molecule has 0 saturated heterocycles. The van der Waals surface area contributed by atoms with E-state index in [1.165, 1.54) is 4.90 Å². The number of hydrogen-bond acceptors (Lipinski definition) is 4. The van der Waals surface area contributed by atoms with Crippen LogP contribution in [-0.2, 0) is 0 Å². The Balaban J connectivity index is 1.60. The molecule has 1 aliphatic heterocycles. The zero-order chi connectivity index (χ0) is 14.5. The molecule has 0 saturated carbocycles. The molecule has 1 heterocycles. The maximum absolute atomic E-state index is 12.0.